The van der Waals surface area contributed by atoms with Gasteiger partial charge in [-0.1, -0.05) is 17.7 Å². The van der Waals surface area contributed by atoms with Crippen molar-refractivity contribution in [2.75, 3.05) is 5.32 Å². The number of benzene rings is 1. The number of aliphatic hydroxyl groups is 1. The zero-order valence-electron chi connectivity index (χ0n) is 15.0. The van der Waals surface area contributed by atoms with Crippen LogP contribution in [0.1, 0.15) is 48.3 Å². The summed E-state index contributed by atoms with van der Waals surface area (Å²) in [6, 6.07) is 4.08. The van der Waals surface area contributed by atoms with Crippen molar-refractivity contribution < 1.29 is 14.3 Å². The molecule has 1 saturated carbocycles. The Labute approximate surface area is 161 Å². The van der Waals surface area contributed by atoms with Gasteiger partial charge in [0.1, 0.15) is 11.5 Å². The minimum atomic E-state index is -0.529. The fraction of sp³-hybridized carbons (Fsp3) is 0.400. The number of carbonyl (C=O) groups excluding carboxylic acids is 1. The Bertz CT molecular complexity index is 931. The van der Waals surface area contributed by atoms with Gasteiger partial charge in [-0.15, -0.1) is 0 Å². The van der Waals surface area contributed by atoms with Gasteiger partial charge in [0.05, 0.1) is 23.1 Å². The highest BCUT2D eigenvalue weighted by molar-refractivity contribution is 6.31. The van der Waals surface area contributed by atoms with Crippen LogP contribution in [0.2, 0.25) is 5.02 Å². The van der Waals surface area contributed by atoms with Gasteiger partial charge in [-0.3, -0.25) is 4.79 Å². The van der Waals surface area contributed by atoms with Crippen molar-refractivity contribution in [1.82, 2.24) is 9.55 Å². The van der Waals surface area contributed by atoms with E-state index < -0.39 is 5.82 Å². The third kappa shape index (κ3) is 3.39. The van der Waals surface area contributed by atoms with Crippen LogP contribution in [-0.2, 0) is 7.05 Å². The molecule has 1 amide bonds. The number of aryl methyl sites for hydroxylation is 1. The molecular formula is C20H21ClFN3O2. The van der Waals surface area contributed by atoms with E-state index in [0.29, 0.717) is 17.1 Å². The summed E-state index contributed by atoms with van der Waals surface area (Å²) in [6.45, 7) is 0. The third-order valence-corrected chi connectivity index (χ3v) is 5.97. The number of amides is 1. The molecule has 2 N–H and O–H groups in total. The first-order valence-corrected chi connectivity index (χ1v) is 9.40. The molecule has 2 aromatic rings. The highest BCUT2D eigenvalue weighted by atomic mass is 35.5. The van der Waals surface area contributed by atoms with Gasteiger partial charge in [-0.05, 0) is 61.3 Å². The van der Waals surface area contributed by atoms with Crippen molar-refractivity contribution in [2.45, 2.75) is 38.2 Å². The molecule has 1 aromatic carbocycles. The predicted molar refractivity (Wildman–Crippen MR) is 102 cm³/mol. The molecule has 0 atom stereocenters. The molecule has 1 fully saturated rings. The molecule has 4 rings (SSSR count). The van der Waals surface area contributed by atoms with Gasteiger partial charge in [0.25, 0.3) is 5.91 Å². The van der Waals surface area contributed by atoms with Crippen LogP contribution in [0.5, 0.6) is 0 Å². The molecule has 1 aromatic heterocycles. The first-order valence-electron chi connectivity index (χ1n) is 9.02. The molecule has 2 aliphatic carbocycles. The van der Waals surface area contributed by atoms with Gasteiger partial charge in [0.2, 0.25) is 0 Å². The Kier molecular flexibility index (Phi) is 4.56. The lowest BCUT2D eigenvalue weighted by atomic mass is 9.60. The third-order valence-electron chi connectivity index (χ3n) is 5.68. The van der Waals surface area contributed by atoms with Crippen LogP contribution < -0.4 is 5.32 Å². The molecule has 1 spiro atoms. The largest absolute Gasteiger partial charge is 0.393 e. The van der Waals surface area contributed by atoms with E-state index in [2.05, 4.69) is 16.4 Å². The van der Waals surface area contributed by atoms with Crippen molar-refractivity contribution in [1.29, 1.82) is 0 Å². The van der Waals surface area contributed by atoms with E-state index in [1.165, 1.54) is 18.2 Å². The van der Waals surface area contributed by atoms with E-state index in [1.807, 2.05) is 0 Å². The van der Waals surface area contributed by atoms with Gasteiger partial charge in [-0.25, -0.2) is 9.37 Å². The van der Waals surface area contributed by atoms with Gasteiger partial charge >= 0.3 is 0 Å². The average Bonchev–Trinajstić information content (AvgIpc) is 2.99. The number of anilines is 1. The maximum atomic E-state index is 13.3. The maximum absolute atomic E-state index is 13.3. The summed E-state index contributed by atoms with van der Waals surface area (Å²) in [5, 5.41) is 12.3. The molecule has 1 heterocycles. The average molecular weight is 390 g/mol. The van der Waals surface area contributed by atoms with E-state index in [-0.39, 0.29) is 22.4 Å². The second-order valence-electron chi connectivity index (χ2n) is 7.63. The molecular weight excluding hydrogens is 369 g/mol. The van der Waals surface area contributed by atoms with Crippen molar-refractivity contribution in [3.05, 3.63) is 52.8 Å². The van der Waals surface area contributed by atoms with Gasteiger partial charge in [0.15, 0.2) is 0 Å². The summed E-state index contributed by atoms with van der Waals surface area (Å²) < 4.78 is 15.0. The first kappa shape index (κ1) is 18.2. The minimum absolute atomic E-state index is 0.0407. The predicted octanol–water partition coefficient (Wildman–Crippen LogP) is 4.17. The number of nitrogens with zero attached hydrogens (tertiary/aromatic N) is 2. The molecule has 5 nitrogen and oxygen atoms in total. The number of aromatic nitrogens is 2. The lowest BCUT2D eigenvalue weighted by Gasteiger charge is -2.47. The second kappa shape index (κ2) is 6.77. The minimum Gasteiger partial charge on any atom is -0.393 e. The zero-order chi connectivity index (χ0) is 19.2. The fourth-order valence-corrected chi connectivity index (χ4v) is 4.35. The van der Waals surface area contributed by atoms with Crippen molar-refractivity contribution in [2.24, 2.45) is 12.5 Å². The second-order valence-corrected chi connectivity index (χ2v) is 8.04. The number of allylic oxidation sites excluding steroid dienone is 2. The molecule has 0 radical (unpaired) electrons. The quantitative estimate of drug-likeness (QED) is 0.827. The summed E-state index contributed by atoms with van der Waals surface area (Å²) >= 11 is 5.79. The number of imidazole rings is 1. The lowest BCUT2D eigenvalue weighted by Crippen LogP contribution is -2.41. The molecule has 0 unspecified atom stereocenters. The van der Waals surface area contributed by atoms with E-state index in [4.69, 9.17) is 11.6 Å². The van der Waals surface area contributed by atoms with Crippen LogP contribution in [0, 0.1) is 11.2 Å². The summed E-state index contributed by atoms with van der Waals surface area (Å²) in [6.07, 6.45) is 8.08. The molecule has 0 bridgehead atoms. The molecule has 142 valence electrons. The van der Waals surface area contributed by atoms with Crippen molar-refractivity contribution in [3.8, 4) is 0 Å². The number of aliphatic hydroxyl groups excluding tert-OH is 1. The highest BCUT2D eigenvalue weighted by Crippen LogP contribution is 2.52. The van der Waals surface area contributed by atoms with Crippen LogP contribution in [-0.4, -0.2) is 26.7 Å². The van der Waals surface area contributed by atoms with Crippen LogP contribution in [0.4, 0.5) is 10.1 Å². The number of hydrogen-bond donors (Lipinski definition) is 2. The first-order chi connectivity index (χ1) is 12.9. The summed E-state index contributed by atoms with van der Waals surface area (Å²) in [5.74, 6) is -0.841. The zero-order valence-corrected chi connectivity index (χ0v) is 15.8. The van der Waals surface area contributed by atoms with Gasteiger partial charge < -0.3 is 15.0 Å². The highest BCUT2D eigenvalue weighted by Gasteiger charge is 2.44. The van der Waals surface area contributed by atoms with E-state index in [0.717, 1.165) is 37.7 Å². The molecule has 0 saturated heterocycles. The Morgan fingerprint density at radius 2 is 2.22 bits per heavy atom. The Hall–Kier alpha value is -2.18. The molecule has 0 aliphatic heterocycles. The van der Waals surface area contributed by atoms with Crippen LogP contribution >= 0.6 is 11.6 Å². The Morgan fingerprint density at radius 1 is 1.44 bits per heavy atom. The molecule has 2 aliphatic rings. The number of rotatable bonds is 3. The lowest BCUT2D eigenvalue weighted by molar-refractivity contribution is -0.0365. The summed E-state index contributed by atoms with van der Waals surface area (Å²) in [7, 11) is 1.77. The Balaban J connectivity index is 1.56. The number of carbonyl (C=O) groups is 1. The fourth-order valence-electron chi connectivity index (χ4n) is 4.17. The monoisotopic (exact) mass is 389 g/mol. The summed E-state index contributed by atoms with van der Waals surface area (Å²) in [4.78, 5) is 17.3. The SMILES string of the molecule is Cn1cnc(C2=CCC3(CC2)CC(O)C3)c1C(=O)Nc1ccc(F)c(Cl)c1. The Morgan fingerprint density at radius 3 is 2.85 bits per heavy atom. The molecule has 27 heavy (non-hydrogen) atoms. The number of nitrogens with one attached hydrogen (secondary N) is 1. The standard InChI is InChI=1S/C20H21ClFN3O2/c1-25-11-23-17(12-4-6-20(7-5-12)9-14(26)10-20)18(25)19(27)24-13-2-3-16(22)15(21)8-13/h2-4,8,11,14,26H,5-7,9-10H2,1H3,(H,24,27). The van der Waals surface area contributed by atoms with Crippen molar-refractivity contribution >= 4 is 28.8 Å². The van der Waals surface area contributed by atoms with E-state index in [1.54, 1.807) is 17.9 Å². The number of hydrogen-bond acceptors (Lipinski definition) is 3. The van der Waals surface area contributed by atoms with Crippen molar-refractivity contribution in [3.63, 3.8) is 0 Å². The number of halogens is 2. The maximum Gasteiger partial charge on any atom is 0.274 e. The smallest absolute Gasteiger partial charge is 0.274 e. The van der Waals surface area contributed by atoms with Gasteiger partial charge in [0, 0.05) is 12.7 Å². The molecule has 7 heteroatoms. The topological polar surface area (TPSA) is 67.1 Å². The normalized spacial score (nSPS) is 24.4. The van der Waals surface area contributed by atoms with Gasteiger partial charge in [-0.2, -0.15) is 0 Å². The van der Waals surface area contributed by atoms with E-state index in [9.17, 15) is 14.3 Å². The van der Waals surface area contributed by atoms with Crippen LogP contribution in [0.15, 0.2) is 30.6 Å². The summed E-state index contributed by atoms with van der Waals surface area (Å²) in [5.41, 5.74) is 2.86. The van der Waals surface area contributed by atoms with Crippen LogP contribution in [0.3, 0.4) is 0 Å². The van der Waals surface area contributed by atoms with Crippen LogP contribution in [0.25, 0.3) is 5.57 Å². The van der Waals surface area contributed by atoms with E-state index >= 15 is 0 Å².